The average molecular weight is 735 g/mol. The number of nitrogens with zero attached hydrogens (tertiary/aromatic N) is 2. The lowest BCUT2D eigenvalue weighted by Gasteiger charge is -2.33. The molecule has 0 radical (unpaired) electrons. The van der Waals surface area contributed by atoms with Crippen LogP contribution in [0.5, 0.6) is 11.5 Å². The zero-order chi connectivity index (χ0) is 38.4. The lowest BCUT2D eigenvalue weighted by molar-refractivity contribution is -0.130. The van der Waals surface area contributed by atoms with Gasteiger partial charge in [0.25, 0.3) is 0 Å². The van der Waals surface area contributed by atoms with Crippen molar-refractivity contribution in [2.45, 2.75) is 98.3 Å². The number of ether oxygens (including phenoxy) is 6. The fourth-order valence-corrected chi connectivity index (χ4v) is 6.70. The minimum absolute atomic E-state index is 0.0209. The molecule has 0 aliphatic carbocycles. The van der Waals surface area contributed by atoms with Gasteiger partial charge in [-0.2, -0.15) is 0 Å². The number of piperidine rings is 1. The van der Waals surface area contributed by atoms with E-state index >= 15 is 0 Å². The van der Waals surface area contributed by atoms with Gasteiger partial charge in [0.15, 0.2) is 18.3 Å². The molecule has 1 aromatic rings. The molecule has 3 N–H and O–H groups in total. The van der Waals surface area contributed by atoms with Gasteiger partial charge in [-0.25, -0.2) is 4.79 Å². The second kappa shape index (κ2) is 20.9. The molecule has 0 unspecified atom stereocenters. The number of rotatable bonds is 21. The molecule has 0 saturated carbocycles. The highest BCUT2D eigenvalue weighted by atomic mass is 16.7. The Kier molecular flexibility index (Phi) is 17.4. The van der Waals surface area contributed by atoms with Crippen molar-refractivity contribution >= 4 is 17.9 Å². The summed E-state index contributed by atoms with van der Waals surface area (Å²) in [6, 6.07) is 5.67. The van der Waals surface area contributed by atoms with Crippen LogP contribution in [-0.4, -0.2) is 114 Å². The maximum Gasteiger partial charge on any atom is 0.414 e. The van der Waals surface area contributed by atoms with Gasteiger partial charge >= 0.3 is 6.09 Å². The molecule has 2 aliphatic rings. The monoisotopic (exact) mass is 734 g/mol. The van der Waals surface area contributed by atoms with E-state index in [1.54, 1.807) is 33.0 Å². The van der Waals surface area contributed by atoms with Crippen LogP contribution in [0.25, 0.3) is 0 Å². The third-order valence-corrected chi connectivity index (χ3v) is 10.6. The number of hydrogen-bond acceptors (Lipinski definition) is 10. The third-order valence-electron chi connectivity index (χ3n) is 10.6. The average Bonchev–Trinajstić information content (AvgIpc) is 3.50. The minimum Gasteiger partial charge on any atom is -0.493 e. The van der Waals surface area contributed by atoms with E-state index in [4.69, 9.17) is 34.2 Å². The summed E-state index contributed by atoms with van der Waals surface area (Å²) >= 11 is 0. The molecule has 2 saturated heterocycles. The number of nitrogens with two attached hydrogens (primary N) is 1. The summed E-state index contributed by atoms with van der Waals surface area (Å²) in [6.45, 7) is 14.8. The van der Waals surface area contributed by atoms with Crippen LogP contribution in [-0.2, 0) is 35.0 Å². The Hall–Kier alpha value is -3.13. The van der Waals surface area contributed by atoms with Gasteiger partial charge in [-0.1, -0.05) is 33.8 Å². The Morgan fingerprint density at radius 2 is 1.73 bits per heavy atom. The molecule has 3 amide bonds. The summed E-state index contributed by atoms with van der Waals surface area (Å²) in [6.07, 6.45) is 3.44. The number of benzene rings is 1. The van der Waals surface area contributed by atoms with Crippen LogP contribution in [0, 0.1) is 29.1 Å². The number of hydrogen-bond donors (Lipinski definition) is 2. The Morgan fingerprint density at radius 1 is 1.02 bits per heavy atom. The summed E-state index contributed by atoms with van der Waals surface area (Å²) in [5.74, 6) is 0.669. The van der Waals surface area contributed by atoms with Crippen molar-refractivity contribution in [3.8, 4) is 11.5 Å². The van der Waals surface area contributed by atoms with Crippen LogP contribution in [0.3, 0.4) is 0 Å². The molecule has 2 fully saturated rings. The molecule has 4 atom stereocenters. The first-order chi connectivity index (χ1) is 24.7. The van der Waals surface area contributed by atoms with Crippen molar-refractivity contribution in [1.82, 2.24) is 15.1 Å². The first kappa shape index (κ1) is 43.3. The van der Waals surface area contributed by atoms with Crippen molar-refractivity contribution in [1.29, 1.82) is 0 Å². The van der Waals surface area contributed by atoms with Gasteiger partial charge in [-0.05, 0) is 88.4 Å². The zero-order valence-corrected chi connectivity index (χ0v) is 33.1. The van der Waals surface area contributed by atoms with E-state index in [0.717, 1.165) is 44.3 Å². The third kappa shape index (κ3) is 13.1. The summed E-state index contributed by atoms with van der Waals surface area (Å²) < 4.78 is 34.8. The van der Waals surface area contributed by atoms with Crippen LogP contribution >= 0.6 is 0 Å². The van der Waals surface area contributed by atoms with Crippen molar-refractivity contribution in [2.75, 3.05) is 67.6 Å². The molecule has 0 spiro atoms. The quantitative estimate of drug-likeness (QED) is 0.133. The van der Waals surface area contributed by atoms with Crippen molar-refractivity contribution in [3.05, 3.63) is 23.8 Å². The molecule has 0 bridgehead atoms. The number of likely N-dealkylation sites (tertiary alicyclic amines) is 1. The number of primary amides is 1. The maximum absolute atomic E-state index is 13.7. The minimum atomic E-state index is -0.888. The largest absolute Gasteiger partial charge is 0.493 e. The highest BCUT2D eigenvalue weighted by Gasteiger charge is 2.43. The standard InChI is InChI=1S/C39H66N4O9/c1-26(2)29(19-28-11-12-33(48-9)35(20-28)49-18-10-17-47-8)21-32-34(22-31(27(3)4)36(44)41-23-39(5,6)37(40)45)50-24-43(32)38(46)52-25-51-30-13-15-42(7)16-14-30/h11-12,20,26-27,29-32,34H,10,13-19,21-25H2,1-9H3,(H2,40,45)(H,41,44)/t29-,31-,32-,34-/m0/s1. The second-order valence-corrected chi connectivity index (χ2v) is 15.7. The molecule has 296 valence electrons. The number of carbonyl (C=O) groups is 3. The predicted molar refractivity (Wildman–Crippen MR) is 199 cm³/mol. The van der Waals surface area contributed by atoms with E-state index in [-0.39, 0.29) is 55.9 Å². The highest BCUT2D eigenvalue weighted by molar-refractivity contribution is 5.83. The number of methoxy groups -OCH3 is 2. The molecule has 13 nitrogen and oxygen atoms in total. The SMILES string of the molecule is COCCCOc1cc(C[C@@H](C[C@H]2[C@H](C[C@H](C(=O)NCC(C)(C)C(N)=O)C(C)C)OCN2C(=O)OCOC2CCN(C)CC2)C(C)C)ccc1OC. The van der Waals surface area contributed by atoms with Gasteiger partial charge in [0, 0.05) is 45.7 Å². The number of amides is 3. The van der Waals surface area contributed by atoms with E-state index in [1.807, 2.05) is 26.0 Å². The predicted octanol–water partition coefficient (Wildman–Crippen LogP) is 4.84. The van der Waals surface area contributed by atoms with E-state index in [0.29, 0.717) is 37.6 Å². The Morgan fingerprint density at radius 3 is 2.35 bits per heavy atom. The fraction of sp³-hybridized carbons (Fsp3) is 0.769. The molecule has 13 heteroatoms. The van der Waals surface area contributed by atoms with E-state index < -0.39 is 29.4 Å². The van der Waals surface area contributed by atoms with Crippen LogP contribution in [0.1, 0.15) is 79.2 Å². The maximum atomic E-state index is 13.7. The highest BCUT2D eigenvalue weighted by Crippen LogP contribution is 2.36. The van der Waals surface area contributed by atoms with Gasteiger partial charge < -0.3 is 44.4 Å². The van der Waals surface area contributed by atoms with Crippen LogP contribution in [0.15, 0.2) is 18.2 Å². The van der Waals surface area contributed by atoms with Crippen molar-refractivity contribution in [2.24, 2.45) is 34.8 Å². The summed E-state index contributed by atoms with van der Waals surface area (Å²) in [7, 11) is 5.39. The molecule has 2 heterocycles. The first-order valence-electron chi connectivity index (χ1n) is 18.9. The Labute approximate surface area is 311 Å². The first-order valence-corrected chi connectivity index (χ1v) is 18.9. The Balaban J connectivity index is 1.81. The summed E-state index contributed by atoms with van der Waals surface area (Å²) in [5.41, 5.74) is 5.76. The Bertz CT molecular complexity index is 1270. The van der Waals surface area contributed by atoms with Crippen molar-refractivity contribution < 1.29 is 42.8 Å². The van der Waals surface area contributed by atoms with Crippen LogP contribution in [0.2, 0.25) is 0 Å². The molecule has 52 heavy (non-hydrogen) atoms. The van der Waals surface area contributed by atoms with Crippen LogP contribution in [0.4, 0.5) is 4.79 Å². The molecule has 0 aromatic heterocycles. The molecule has 1 aromatic carbocycles. The molecular weight excluding hydrogens is 668 g/mol. The fourth-order valence-electron chi connectivity index (χ4n) is 6.70. The van der Waals surface area contributed by atoms with Gasteiger partial charge in [0.05, 0.1) is 37.4 Å². The van der Waals surface area contributed by atoms with E-state index in [2.05, 4.69) is 37.2 Å². The molecular formula is C39H66N4O9. The lowest BCUT2D eigenvalue weighted by Crippen LogP contribution is -2.47. The zero-order valence-electron chi connectivity index (χ0n) is 33.1. The van der Waals surface area contributed by atoms with E-state index in [9.17, 15) is 14.4 Å². The topological polar surface area (TPSA) is 151 Å². The van der Waals surface area contributed by atoms with E-state index in [1.165, 1.54) is 0 Å². The smallest absolute Gasteiger partial charge is 0.414 e. The summed E-state index contributed by atoms with van der Waals surface area (Å²) in [4.78, 5) is 43.1. The molecule has 2 aliphatic heterocycles. The molecule has 3 rings (SSSR count). The van der Waals surface area contributed by atoms with Crippen molar-refractivity contribution in [3.63, 3.8) is 0 Å². The van der Waals surface area contributed by atoms with Gasteiger partial charge in [-0.15, -0.1) is 0 Å². The summed E-state index contributed by atoms with van der Waals surface area (Å²) in [5, 5.41) is 2.95. The van der Waals surface area contributed by atoms with Gasteiger partial charge in [0.1, 0.15) is 6.73 Å². The number of carbonyl (C=O) groups excluding carboxylic acids is 3. The second-order valence-electron chi connectivity index (χ2n) is 15.7. The number of nitrogens with one attached hydrogen (secondary N) is 1. The lowest BCUT2D eigenvalue weighted by atomic mass is 9.80. The van der Waals surface area contributed by atoms with Gasteiger partial charge in [-0.3, -0.25) is 14.5 Å². The normalized spacial score (nSPS) is 19.9. The van der Waals surface area contributed by atoms with Crippen LogP contribution < -0.4 is 20.5 Å². The van der Waals surface area contributed by atoms with Gasteiger partial charge in [0.2, 0.25) is 11.8 Å².